The van der Waals surface area contributed by atoms with Crippen molar-refractivity contribution in [2.24, 2.45) is 28.2 Å². The molecule has 5 rings (SSSR count). The maximum absolute atomic E-state index is 9.24. The zero-order valence-corrected chi connectivity index (χ0v) is 17.9. The molecule has 0 spiro atoms. The van der Waals surface area contributed by atoms with E-state index in [0.717, 1.165) is 42.8 Å². The fraction of sp³-hybridized carbons (Fsp3) is 0.600. The molecule has 1 aromatic rings. The van der Waals surface area contributed by atoms with Gasteiger partial charge in [-0.25, -0.2) is 0 Å². The van der Waals surface area contributed by atoms with Gasteiger partial charge in [-0.1, -0.05) is 31.6 Å². The zero-order valence-electron chi connectivity index (χ0n) is 17.9. The van der Waals surface area contributed by atoms with Gasteiger partial charge in [-0.05, 0) is 97.6 Å². The number of nitriles is 1. The summed E-state index contributed by atoms with van der Waals surface area (Å²) in [4.78, 5) is 4.89. The summed E-state index contributed by atoms with van der Waals surface area (Å²) in [6.45, 7) is 5.10. The molecule has 0 saturated heterocycles. The molecule has 0 heterocycles. The molecule has 0 unspecified atom stereocenters. The van der Waals surface area contributed by atoms with E-state index < -0.39 is 0 Å². The quantitative estimate of drug-likeness (QED) is 0.344. The van der Waals surface area contributed by atoms with Crippen molar-refractivity contribution in [1.82, 2.24) is 5.32 Å². The number of hydrogen-bond donors (Lipinski definition) is 2. The van der Waals surface area contributed by atoms with Gasteiger partial charge in [0.2, 0.25) is 5.96 Å². The molecule has 154 valence electrons. The van der Waals surface area contributed by atoms with Gasteiger partial charge in [0, 0.05) is 12.2 Å². The van der Waals surface area contributed by atoms with Crippen LogP contribution in [0.1, 0.15) is 65.2 Å². The molecule has 4 aliphatic carbocycles. The molecule has 0 aromatic heterocycles. The normalized spacial score (nSPS) is 31.8. The summed E-state index contributed by atoms with van der Waals surface area (Å²) >= 11 is 0. The number of anilines is 1. The second kappa shape index (κ2) is 8.61. The predicted molar refractivity (Wildman–Crippen MR) is 120 cm³/mol. The fourth-order valence-electron chi connectivity index (χ4n) is 6.42. The largest absolute Gasteiger partial charge is 0.326 e. The van der Waals surface area contributed by atoms with Gasteiger partial charge in [-0.15, -0.1) is 0 Å². The Bertz CT molecular complexity index is 886. The van der Waals surface area contributed by atoms with E-state index in [-0.39, 0.29) is 0 Å². The second-order valence-electron chi connectivity index (χ2n) is 9.57. The molecule has 0 radical (unpaired) electrons. The lowest BCUT2D eigenvalue weighted by molar-refractivity contribution is -0.0465. The SMILES string of the molecule is C/C=c1/ccc(NC(=NCC23CC4CC(CC(C4)C2)C3)NC#N)c/c1=C\CCC. The standard InChI is InChI=1S/C25H34N4/c1-3-5-6-22-12-23(8-7-21(22)4-2)29-24(28-17-26)27-16-25-13-18-9-19(14-25)11-20(10-18)15-25/h4,6-8,12,18-20H,3,5,9-11,13-16H2,1-2H3,(H2,27,28,29)/b21-4-,22-6+. The van der Waals surface area contributed by atoms with Gasteiger partial charge in [0.05, 0.1) is 0 Å². The Morgan fingerprint density at radius 1 is 1.17 bits per heavy atom. The molecule has 29 heavy (non-hydrogen) atoms. The van der Waals surface area contributed by atoms with Gasteiger partial charge >= 0.3 is 0 Å². The van der Waals surface area contributed by atoms with E-state index in [1.807, 2.05) is 0 Å². The van der Waals surface area contributed by atoms with E-state index in [2.05, 4.69) is 61.0 Å². The van der Waals surface area contributed by atoms with Gasteiger partial charge in [-0.2, -0.15) is 5.26 Å². The maximum atomic E-state index is 9.24. The summed E-state index contributed by atoms with van der Waals surface area (Å²) in [6.07, 6.45) is 17.0. The monoisotopic (exact) mass is 390 g/mol. The average molecular weight is 391 g/mol. The number of nitrogens with zero attached hydrogens (tertiary/aromatic N) is 2. The highest BCUT2D eigenvalue weighted by atomic mass is 15.2. The van der Waals surface area contributed by atoms with Crippen LogP contribution in [0.15, 0.2) is 23.2 Å². The molecule has 4 fully saturated rings. The molecule has 4 bridgehead atoms. The molecule has 1 aromatic carbocycles. The Kier molecular flexibility index (Phi) is 5.94. The van der Waals surface area contributed by atoms with E-state index in [0.29, 0.717) is 11.4 Å². The van der Waals surface area contributed by atoms with Gasteiger partial charge in [0.25, 0.3) is 0 Å². The van der Waals surface area contributed by atoms with Crippen LogP contribution in [0.4, 0.5) is 5.69 Å². The predicted octanol–water partition coefficient (Wildman–Crippen LogP) is 4.12. The van der Waals surface area contributed by atoms with Gasteiger partial charge in [-0.3, -0.25) is 10.3 Å². The van der Waals surface area contributed by atoms with Crippen molar-refractivity contribution in [3.05, 3.63) is 28.6 Å². The van der Waals surface area contributed by atoms with Gasteiger partial charge in [0.15, 0.2) is 6.19 Å². The first kappa shape index (κ1) is 20.0. The number of hydrogen-bond acceptors (Lipinski definition) is 2. The molecule has 0 atom stereocenters. The first-order chi connectivity index (χ1) is 14.1. The van der Waals surface area contributed by atoms with Crippen LogP contribution in [-0.2, 0) is 0 Å². The summed E-state index contributed by atoms with van der Waals surface area (Å²) in [6, 6.07) is 6.36. The third-order valence-electron chi connectivity index (χ3n) is 7.23. The van der Waals surface area contributed by atoms with Crippen molar-refractivity contribution in [3.63, 3.8) is 0 Å². The molecule has 0 aliphatic heterocycles. The Balaban J connectivity index is 1.52. The summed E-state index contributed by atoms with van der Waals surface area (Å²) in [5.41, 5.74) is 1.35. The van der Waals surface area contributed by atoms with E-state index in [1.54, 1.807) is 0 Å². The first-order valence-corrected chi connectivity index (χ1v) is 11.4. The fourth-order valence-corrected chi connectivity index (χ4v) is 6.42. The minimum atomic E-state index is 0.375. The lowest BCUT2D eigenvalue weighted by atomic mass is 9.49. The number of rotatable bonds is 5. The summed E-state index contributed by atoms with van der Waals surface area (Å²) in [7, 11) is 0. The first-order valence-electron chi connectivity index (χ1n) is 11.4. The minimum Gasteiger partial charge on any atom is -0.326 e. The van der Waals surface area contributed by atoms with E-state index in [9.17, 15) is 5.26 Å². The number of unbranched alkanes of at least 4 members (excludes halogenated alkanes) is 1. The Labute approximate surface area is 174 Å². The Morgan fingerprint density at radius 2 is 1.86 bits per heavy atom. The van der Waals surface area contributed by atoms with Crippen LogP contribution in [0.3, 0.4) is 0 Å². The third-order valence-corrected chi connectivity index (χ3v) is 7.23. The molecule has 4 saturated carbocycles. The molecule has 2 N–H and O–H groups in total. The number of guanidine groups is 1. The third kappa shape index (κ3) is 4.50. The van der Waals surface area contributed by atoms with Crippen molar-refractivity contribution >= 4 is 23.8 Å². The Hall–Kier alpha value is -2.28. The zero-order chi connectivity index (χ0) is 20.3. The number of aliphatic imine (C=N–C) groups is 1. The highest BCUT2D eigenvalue weighted by Gasteiger charge is 2.50. The maximum Gasteiger partial charge on any atom is 0.209 e. The second-order valence-corrected chi connectivity index (χ2v) is 9.57. The van der Waals surface area contributed by atoms with E-state index in [1.165, 1.54) is 49.0 Å². The molecular weight excluding hydrogens is 356 g/mol. The molecule has 4 heteroatoms. The highest BCUT2D eigenvalue weighted by Crippen LogP contribution is 2.60. The van der Waals surface area contributed by atoms with Crippen LogP contribution in [-0.4, -0.2) is 12.5 Å². The highest BCUT2D eigenvalue weighted by molar-refractivity contribution is 5.94. The van der Waals surface area contributed by atoms with Gasteiger partial charge < -0.3 is 5.32 Å². The lowest BCUT2D eigenvalue weighted by Crippen LogP contribution is -2.47. The Morgan fingerprint density at radius 3 is 2.45 bits per heavy atom. The average Bonchev–Trinajstić information content (AvgIpc) is 2.70. The van der Waals surface area contributed by atoms with Crippen LogP contribution in [0, 0.1) is 34.6 Å². The summed E-state index contributed by atoms with van der Waals surface area (Å²) in [5.74, 6) is 3.35. The minimum absolute atomic E-state index is 0.375. The van der Waals surface area contributed by atoms with Crippen molar-refractivity contribution in [2.45, 2.75) is 65.2 Å². The van der Waals surface area contributed by atoms with Crippen LogP contribution >= 0.6 is 0 Å². The van der Waals surface area contributed by atoms with E-state index in [4.69, 9.17) is 4.99 Å². The molecular formula is C25H34N4. The lowest BCUT2D eigenvalue weighted by Gasteiger charge is -2.56. The van der Waals surface area contributed by atoms with Crippen LogP contribution < -0.4 is 21.1 Å². The van der Waals surface area contributed by atoms with E-state index >= 15 is 0 Å². The number of nitrogens with one attached hydrogen (secondary N) is 2. The van der Waals surface area contributed by atoms with Crippen LogP contribution in [0.5, 0.6) is 0 Å². The molecule has 4 nitrogen and oxygen atoms in total. The van der Waals surface area contributed by atoms with Crippen molar-refractivity contribution in [3.8, 4) is 6.19 Å². The summed E-state index contributed by atoms with van der Waals surface area (Å²) < 4.78 is 0. The van der Waals surface area contributed by atoms with Crippen LogP contribution in [0.25, 0.3) is 12.2 Å². The number of benzene rings is 1. The smallest absolute Gasteiger partial charge is 0.209 e. The van der Waals surface area contributed by atoms with Gasteiger partial charge in [0.1, 0.15) is 0 Å². The molecule has 0 amide bonds. The van der Waals surface area contributed by atoms with Crippen LogP contribution in [0.2, 0.25) is 0 Å². The summed E-state index contributed by atoms with van der Waals surface area (Å²) in [5, 5.41) is 17.9. The van der Waals surface area contributed by atoms with Crippen molar-refractivity contribution in [1.29, 1.82) is 5.26 Å². The van der Waals surface area contributed by atoms with Crippen molar-refractivity contribution in [2.75, 3.05) is 11.9 Å². The van der Waals surface area contributed by atoms with Crippen molar-refractivity contribution < 1.29 is 0 Å². The topological polar surface area (TPSA) is 60.2 Å². The molecule has 4 aliphatic rings.